The third kappa shape index (κ3) is 4.78. The third-order valence-electron chi connectivity index (χ3n) is 6.57. The summed E-state index contributed by atoms with van der Waals surface area (Å²) in [6.45, 7) is 2.93. The molecule has 1 amide bonds. The highest BCUT2D eigenvalue weighted by molar-refractivity contribution is 6.00. The van der Waals surface area contributed by atoms with E-state index in [1.807, 2.05) is 31.2 Å². The molecular formula is C27H27NO6. The topological polar surface area (TPSA) is 93.9 Å². The Morgan fingerprint density at radius 2 is 1.85 bits per heavy atom. The van der Waals surface area contributed by atoms with E-state index in [-0.39, 0.29) is 17.8 Å². The number of benzene rings is 2. The van der Waals surface area contributed by atoms with Crippen LogP contribution in [0.2, 0.25) is 0 Å². The number of hydrogen-bond acceptors (Lipinski definition) is 6. The lowest BCUT2D eigenvalue weighted by Gasteiger charge is -2.33. The molecule has 0 N–H and O–H groups in total. The second-order valence-corrected chi connectivity index (χ2v) is 8.71. The molecule has 1 saturated heterocycles. The van der Waals surface area contributed by atoms with E-state index >= 15 is 0 Å². The molecule has 1 aromatic heterocycles. The predicted octanol–water partition coefficient (Wildman–Crippen LogP) is 3.85. The van der Waals surface area contributed by atoms with Crippen LogP contribution >= 0.6 is 0 Å². The van der Waals surface area contributed by atoms with Gasteiger partial charge in [-0.1, -0.05) is 36.4 Å². The summed E-state index contributed by atoms with van der Waals surface area (Å²) in [7, 11) is 1.37. The average molecular weight is 462 g/mol. The fourth-order valence-corrected chi connectivity index (χ4v) is 4.62. The molecule has 0 saturated carbocycles. The second-order valence-electron chi connectivity index (χ2n) is 8.71. The first-order valence-corrected chi connectivity index (χ1v) is 11.4. The van der Waals surface area contributed by atoms with Gasteiger partial charge in [0.25, 0.3) is 0 Å². The van der Waals surface area contributed by atoms with Crippen LogP contribution in [0.4, 0.5) is 0 Å². The van der Waals surface area contributed by atoms with Gasteiger partial charge < -0.3 is 18.8 Å². The van der Waals surface area contributed by atoms with Gasteiger partial charge in [0, 0.05) is 36.5 Å². The zero-order valence-corrected chi connectivity index (χ0v) is 19.3. The number of methoxy groups -OCH3 is 1. The van der Waals surface area contributed by atoms with Gasteiger partial charge in [-0.05, 0) is 48.4 Å². The van der Waals surface area contributed by atoms with Crippen molar-refractivity contribution in [2.45, 2.75) is 32.1 Å². The smallest absolute Gasteiger partial charge is 0.336 e. The molecule has 1 unspecified atom stereocenters. The van der Waals surface area contributed by atoms with Crippen LogP contribution in [0.15, 0.2) is 57.7 Å². The Balaban J connectivity index is 1.60. The number of likely N-dealkylation sites (tertiary alicyclic amines) is 1. The molecule has 1 aliphatic rings. The molecule has 4 rings (SSSR count). The van der Waals surface area contributed by atoms with E-state index in [4.69, 9.17) is 9.15 Å². The maximum atomic E-state index is 13.2. The van der Waals surface area contributed by atoms with E-state index < -0.39 is 11.5 Å². The van der Waals surface area contributed by atoms with Gasteiger partial charge in [-0.2, -0.15) is 0 Å². The molecule has 7 nitrogen and oxygen atoms in total. The number of aldehydes is 1. The van der Waals surface area contributed by atoms with Crippen LogP contribution in [0.25, 0.3) is 22.1 Å². The van der Waals surface area contributed by atoms with Crippen LogP contribution < -0.4 is 5.63 Å². The number of nitrogens with zero attached hydrogens (tertiary/aromatic N) is 1. The molecule has 0 radical (unpaired) electrons. The lowest BCUT2D eigenvalue weighted by Crippen LogP contribution is -2.41. The highest BCUT2D eigenvalue weighted by Crippen LogP contribution is 2.32. The number of amides is 1. The van der Waals surface area contributed by atoms with E-state index in [0.717, 1.165) is 22.1 Å². The monoisotopic (exact) mass is 461 g/mol. The molecule has 2 heterocycles. The summed E-state index contributed by atoms with van der Waals surface area (Å²) in [6, 6.07) is 14.4. The summed E-state index contributed by atoms with van der Waals surface area (Å²) in [6.07, 6.45) is 2.33. The summed E-state index contributed by atoms with van der Waals surface area (Å²) < 4.78 is 10.2. The van der Waals surface area contributed by atoms with Crippen LogP contribution in [-0.4, -0.2) is 43.3 Å². The van der Waals surface area contributed by atoms with Crippen molar-refractivity contribution in [1.82, 2.24) is 4.90 Å². The molecule has 3 aromatic rings. The molecular weight excluding hydrogens is 434 g/mol. The Morgan fingerprint density at radius 3 is 2.53 bits per heavy atom. The Bertz CT molecular complexity index is 1290. The number of carbonyl (C=O) groups excluding carboxylic acids is 3. The number of rotatable bonds is 6. The maximum absolute atomic E-state index is 13.2. The first-order valence-electron chi connectivity index (χ1n) is 11.4. The SMILES string of the molecule is COC(=O)CC1CCN(C(=O)C(C=O)c2ccc3c(-c4ccccc4C)cc(=O)oc3c2)CC1. The molecule has 1 aliphatic heterocycles. The fourth-order valence-electron chi connectivity index (χ4n) is 4.62. The molecule has 34 heavy (non-hydrogen) atoms. The van der Waals surface area contributed by atoms with Crippen molar-refractivity contribution in [3.05, 3.63) is 70.1 Å². The van der Waals surface area contributed by atoms with Gasteiger partial charge in [-0.25, -0.2) is 4.79 Å². The van der Waals surface area contributed by atoms with Crippen molar-refractivity contribution >= 4 is 29.1 Å². The van der Waals surface area contributed by atoms with Crippen molar-refractivity contribution in [2.75, 3.05) is 20.2 Å². The number of esters is 1. The van der Waals surface area contributed by atoms with Gasteiger partial charge in [-0.3, -0.25) is 9.59 Å². The normalized spacial score (nSPS) is 15.2. The van der Waals surface area contributed by atoms with Crippen molar-refractivity contribution in [3.8, 4) is 11.1 Å². The highest BCUT2D eigenvalue weighted by atomic mass is 16.5. The molecule has 7 heteroatoms. The number of hydrogen-bond donors (Lipinski definition) is 0. The zero-order valence-electron chi connectivity index (χ0n) is 19.3. The van der Waals surface area contributed by atoms with Crippen LogP contribution in [0.1, 0.15) is 36.3 Å². The van der Waals surface area contributed by atoms with Crippen LogP contribution in [0, 0.1) is 12.8 Å². The summed E-state index contributed by atoms with van der Waals surface area (Å²) in [5.74, 6) is -1.36. The van der Waals surface area contributed by atoms with Gasteiger partial charge in [0.05, 0.1) is 7.11 Å². The summed E-state index contributed by atoms with van der Waals surface area (Å²) in [5.41, 5.74) is 3.01. The molecule has 1 fully saturated rings. The van der Waals surface area contributed by atoms with E-state index in [2.05, 4.69) is 0 Å². The Hall–Kier alpha value is -3.74. The summed E-state index contributed by atoms with van der Waals surface area (Å²) >= 11 is 0. The molecule has 0 bridgehead atoms. The van der Waals surface area contributed by atoms with Crippen molar-refractivity contribution < 1.29 is 23.5 Å². The molecule has 1 atom stereocenters. The van der Waals surface area contributed by atoms with Gasteiger partial charge in [0.1, 0.15) is 17.8 Å². The largest absolute Gasteiger partial charge is 0.469 e. The van der Waals surface area contributed by atoms with Crippen LogP contribution in [0.5, 0.6) is 0 Å². The van der Waals surface area contributed by atoms with Gasteiger partial charge in [-0.15, -0.1) is 0 Å². The minimum absolute atomic E-state index is 0.168. The summed E-state index contributed by atoms with van der Waals surface area (Å²) in [5, 5.41) is 0.735. The zero-order chi connectivity index (χ0) is 24.2. The average Bonchev–Trinajstić information content (AvgIpc) is 2.84. The van der Waals surface area contributed by atoms with E-state index in [0.29, 0.717) is 49.8 Å². The van der Waals surface area contributed by atoms with Crippen molar-refractivity contribution in [3.63, 3.8) is 0 Å². The van der Waals surface area contributed by atoms with E-state index in [1.165, 1.54) is 13.2 Å². The minimum Gasteiger partial charge on any atom is -0.469 e. The van der Waals surface area contributed by atoms with Gasteiger partial charge in [0.2, 0.25) is 5.91 Å². The first kappa shape index (κ1) is 23.4. The molecule has 2 aromatic carbocycles. The molecule has 176 valence electrons. The lowest BCUT2D eigenvalue weighted by atomic mass is 9.91. The van der Waals surface area contributed by atoms with Crippen molar-refractivity contribution in [1.29, 1.82) is 0 Å². The minimum atomic E-state index is -0.992. The van der Waals surface area contributed by atoms with Crippen LogP contribution in [0.3, 0.4) is 0 Å². The van der Waals surface area contributed by atoms with Gasteiger partial charge >= 0.3 is 11.6 Å². The Morgan fingerprint density at radius 1 is 1.12 bits per heavy atom. The second kappa shape index (κ2) is 10.0. The van der Waals surface area contributed by atoms with Crippen LogP contribution in [-0.2, 0) is 19.1 Å². The highest BCUT2D eigenvalue weighted by Gasteiger charge is 2.30. The molecule has 0 aliphatic carbocycles. The lowest BCUT2D eigenvalue weighted by molar-refractivity contribution is -0.142. The fraction of sp³-hybridized carbons (Fsp3) is 0.333. The number of carbonyl (C=O) groups is 3. The van der Waals surface area contributed by atoms with E-state index in [9.17, 15) is 19.2 Å². The van der Waals surface area contributed by atoms with E-state index in [1.54, 1.807) is 23.1 Å². The number of aryl methyl sites for hydroxylation is 1. The van der Waals surface area contributed by atoms with Gasteiger partial charge in [0.15, 0.2) is 0 Å². The number of piperidine rings is 1. The Kier molecular flexibility index (Phi) is 6.91. The summed E-state index contributed by atoms with van der Waals surface area (Å²) in [4.78, 5) is 50.6. The first-order chi connectivity index (χ1) is 16.4. The third-order valence-corrected chi connectivity index (χ3v) is 6.57. The quantitative estimate of drug-likeness (QED) is 0.240. The molecule has 0 spiro atoms. The number of fused-ring (bicyclic) bond motifs is 1. The predicted molar refractivity (Wildman–Crippen MR) is 127 cm³/mol. The van der Waals surface area contributed by atoms with Crippen molar-refractivity contribution in [2.24, 2.45) is 5.92 Å². The number of ether oxygens (including phenoxy) is 1. The standard InChI is InChI=1S/C27H27NO6/c1-17-5-3-4-6-20(17)22-15-26(31)34-24-14-19(7-8-21(22)24)23(16-29)27(32)28-11-9-18(10-12-28)13-25(30)33-2/h3-8,14-16,18,23H,9-13H2,1-2H3. The Labute approximate surface area is 197 Å². The maximum Gasteiger partial charge on any atom is 0.336 e.